The van der Waals surface area contributed by atoms with Crippen LogP contribution in [0.15, 0.2) is 36.4 Å². The molecule has 3 rings (SSSR count). The molecule has 2 aromatic carbocycles. The summed E-state index contributed by atoms with van der Waals surface area (Å²) in [5.74, 6) is 0.0933. The molecule has 1 aliphatic rings. The van der Waals surface area contributed by atoms with Crippen LogP contribution in [0.1, 0.15) is 23.1 Å². The standard InChI is InChI=1S/C18H18Cl2N2O2S/c1-25(24)21-16-6-3-13-10-22(11-14(13)8-16)18(23)7-4-12-2-5-15(19)9-17(12)20/h2-3,5-6,8-9,21H,4,7,10-11H2,1H3. The van der Waals surface area contributed by atoms with Gasteiger partial charge in [-0.2, -0.15) is 0 Å². The van der Waals surface area contributed by atoms with Gasteiger partial charge in [0.15, 0.2) is 0 Å². The smallest absolute Gasteiger partial charge is 0.223 e. The molecule has 0 aromatic heterocycles. The summed E-state index contributed by atoms with van der Waals surface area (Å²) in [6.45, 7) is 1.19. The number of fused-ring (bicyclic) bond motifs is 1. The highest BCUT2D eigenvalue weighted by Gasteiger charge is 2.23. The summed E-state index contributed by atoms with van der Waals surface area (Å²) >= 11 is 12.1. The van der Waals surface area contributed by atoms with E-state index in [0.717, 1.165) is 22.4 Å². The summed E-state index contributed by atoms with van der Waals surface area (Å²) in [6.07, 6.45) is 2.58. The molecular weight excluding hydrogens is 379 g/mol. The van der Waals surface area contributed by atoms with Crippen LogP contribution in [0.3, 0.4) is 0 Å². The Balaban J connectivity index is 1.61. The number of rotatable bonds is 5. The third-order valence-electron chi connectivity index (χ3n) is 4.17. The van der Waals surface area contributed by atoms with Gasteiger partial charge in [0.05, 0.1) is 0 Å². The number of hydrogen-bond acceptors (Lipinski definition) is 2. The predicted octanol–water partition coefficient (Wildman–Crippen LogP) is 4.17. The van der Waals surface area contributed by atoms with Gasteiger partial charge in [-0.15, -0.1) is 0 Å². The second-order valence-corrected chi connectivity index (χ2v) is 7.98. The second kappa shape index (κ2) is 7.77. The lowest BCUT2D eigenvalue weighted by molar-refractivity contribution is -0.131. The first-order valence-corrected chi connectivity index (χ1v) is 10.2. The zero-order valence-corrected chi connectivity index (χ0v) is 16.0. The van der Waals surface area contributed by atoms with Gasteiger partial charge in [0.25, 0.3) is 0 Å². The van der Waals surface area contributed by atoms with Gasteiger partial charge in [-0.1, -0.05) is 35.3 Å². The van der Waals surface area contributed by atoms with E-state index in [1.165, 1.54) is 0 Å². The Morgan fingerprint density at radius 2 is 1.92 bits per heavy atom. The average Bonchev–Trinajstić information content (AvgIpc) is 2.96. The van der Waals surface area contributed by atoms with E-state index in [1.807, 2.05) is 29.2 Å². The number of carbonyl (C=O) groups excluding carboxylic acids is 1. The Hall–Kier alpha value is -1.56. The number of carbonyl (C=O) groups is 1. The molecule has 0 saturated heterocycles. The number of halogens is 2. The molecule has 1 N–H and O–H groups in total. The highest BCUT2D eigenvalue weighted by atomic mass is 35.5. The van der Waals surface area contributed by atoms with Crippen LogP contribution in [-0.4, -0.2) is 21.3 Å². The molecule has 1 amide bonds. The largest absolute Gasteiger partial charge is 0.334 e. The Morgan fingerprint density at radius 1 is 1.16 bits per heavy atom. The van der Waals surface area contributed by atoms with Crippen LogP contribution in [0, 0.1) is 0 Å². The number of anilines is 1. The minimum absolute atomic E-state index is 0.0933. The highest BCUT2D eigenvalue weighted by molar-refractivity contribution is 7.85. The first-order chi connectivity index (χ1) is 11.9. The van der Waals surface area contributed by atoms with Crippen LogP contribution in [0.25, 0.3) is 0 Å². The molecule has 0 saturated carbocycles. The molecule has 2 aromatic rings. The van der Waals surface area contributed by atoms with Crippen LogP contribution in [0.4, 0.5) is 5.69 Å². The van der Waals surface area contributed by atoms with Gasteiger partial charge in [0.2, 0.25) is 5.91 Å². The first-order valence-electron chi connectivity index (χ1n) is 7.86. The fourth-order valence-electron chi connectivity index (χ4n) is 2.92. The van der Waals surface area contributed by atoms with Crippen LogP contribution in [-0.2, 0) is 35.3 Å². The Bertz CT molecular complexity index is 842. The van der Waals surface area contributed by atoms with Crippen LogP contribution in [0.5, 0.6) is 0 Å². The van der Waals surface area contributed by atoms with Crippen molar-refractivity contribution in [3.63, 3.8) is 0 Å². The summed E-state index contributed by atoms with van der Waals surface area (Å²) in [7, 11) is -1.11. The number of amides is 1. The van der Waals surface area contributed by atoms with E-state index in [1.54, 1.807) is 18.4 Å². The number of hydrogen-bond donors (Lipinski definition) is 1. The molecule has 0 aliphatic carbocycles. The topological polar surface area (TPSA) is 49.4 Å². The molecular formula is C18H18Cl2N2O2S. The van der Waals surface area contributed by atoms with Gasteiger partial charge in [-0.05, 0) is 47.4 Å². The zero-order chi connectivity index (χ0) is 18.0. The summed E-state index contributed by atoms with van der Waals surface area (Å²) < 4.78 is 14.2. The number of benzene rings is 2. The molecule has 0 spiro atoms. The lowest BCUT2D eigenvalue weighted by Gasteiger charge is -2.15. The predicted molar refractivity (Wildman–Crippen MR) is 103 cm³/mol. The molecule has 7 heteroatoms. The first kappa shape index (κ1) is 18.2. The van der Waals surface area contributed by atoms with E-state index in [-0.39, 0.29) is 5.91 Å². The van der Waals surface area contributed by atoms with E-state index in [0.29, 0.717) is 36.0 Å². The molecule has 1 atom stereocenters. The summed E-state index contributed by atoms with van der Waals surface area (Å²) in [5, 5.41) is 1.18. The van der Waals surface area contributed by atoms with Gasteiger partial charge in [-0.25, -0.2) is 4.21 Å². The number of aryl methyl sites for hydroxylation is 1. The van der Waals surface area contributed by atoms with Crippen molar-refractivity contribution in [3.05, 3.63) is 63.1 Å². The van der Waals surface area contributed by atoms with Crippen molar-refractivity contribution >= 4 is 45.8 Å². The van der Waals surface area contributed by atoms with Crippen molar-refractivity contribution in [2.75, 3.05) is 11.0 Å². The fourth-order valence-corrected chi connectivity index (χ4v) is 3.89. The Labute approximate surface area is 159 Å². The third-order valence-corrected chi connectivity index (χ3v) is 5.28. The average molecular weight is 397 g/mol. The van der Waals surface area contributed by atoms with E-state index in [2.05, 4.69) is 4.72 Å². The van der Waals surface area contributed by atoms with Crippen molar-refractivity contribution in [2.24, 2.45) is 0 Å². The van der Waals surface area contributed by atoms with Crippen LogP contribution in [0.2, 0.25) is 10.0 Å². The number of nitrogens with zero attached hydrogens (tertiary/aromatic N) is 1. The minimum atomic E-state index is -1.11. The van der Waals surface area contributed by atoms with E-state index < -0.39 is 11.0 Å². The van der Waals surface area contributed by atoms with Gasteiger partial charge >= 0.3 is 0 Å². The zero-order valence-electron chi connectivity index (χ0n) is 13.7. The van der Waals surface area contributed by atoms with E-state index in [4.69, 9.17) is 23.2 Å². The van der Waals surface area contributed by atoms with E-state index >= 15 is 0 Å². The van der Waals surface area contributed by atoms with Crippen molar-refractivity contribution < 1.29 is 9.00 Å². The lowest BCUT2D eigenvalue weighted by atomic mass is 10.1. The highest BCUT2D eigenvalue weighted by Crippen LogP contribution is 2.27. The van der Waals surface area contributed by atoms with Gasteiger partial charge in [0.1, 0.15) is 11.0 Å². The summed E-state index contributed by atoms with van der Waals surface area (Å²) in [6, 6.07) is 11.2. The third kappa shape index (κ3) is 4.54. The van der Waals surface area contributed by atoms with Crippen molar-refractivity contribution in [2.45, 2.75) is 25.9 Å². The molecule has 4 nitrogen and oxygen atoms in total. The molecule has 0 fully saturated rings. The Kier molecular flexibility index (Phi) is 5.67. The molecule has 0 radical (unpaired) electrons. The van der Waals surface area contributed by atoms with Crippen molar-refractivity contribution in [1.82, 2.24) is 4.90 Å². The molecule has 132 valence electrons. The molecule has 1 heterocycles. The van der Waals surface area contributed by atoms with Gasteiger partial charge < -0.3 is 9.62 Å². The Morgan fingerprint density at radius 3 is 2.64 bits per heavy atom. The number of nitrogens with one attached hydrogen (secondary N) is 1. The lowest BCUT2D eigenvalue weighted by Crippen LogP contribution is -2.25. The SMILES string of the molecule is CS(=O)Nc1ccc2c(c1)CN(C(=O)CCc1ccc(Cl)cc1Cl)C2. The molecule has 0 bridgehead atoms. The normalized spacial score (nSPS) is 14.3. The maximum atomic E-state index is 12.5. The summed E-state index contributed by atoms with van der Waals surface area (Å²) in [4.78, 5) is 14.4. The molecule has 25 heavy (non-hydrogen) atoms. The van der Waals surface area contributed by atoms with Crippen LogP contribution >= 0.6 is 23.2 Å². The molecule has 1 aliphatic heterocycles. The van der Waals surface area contributed by atoms with Crippen molar-refractivity contribution in [3.8, 4) is 0 Å². The molecule has 1 unspecified atom stereocenters. The summed E-state index contributed by atoms with van der Waals surface area (Å²) in [5.41, 5.74) is 3.95. The minimum Gasteiger partial charge on any atom is -0.334 e. The van der Waals surface area contributed by atoms with Crippen molar-refractivity contribution in [1.29, 1.82) is 0 Å². The van der Waals surface area contributed by atoms with Gasteiger partial charge in [-0.3, -0.25) is 4.79 Å². The monoisotopic (exact) mass is 396 g/mol. The maximum absolute atomic E-state index is 12.5. The quantitative estimate of drug-likeness (QED) is 0.823. The maximum Gasteiger partial charge on any atom is 0.223 e. The second-order valence-electron chi connectivity index (χ2n) is 6.03. The van der Waals surface area contributed by atoms with E-state index in [9.17, 15) is 9.00 Å². The fraction of sp³-hybridized carbons (Fsp3) is 0.278. The van der Waals surface area contributed by atoms with Gasteiger partial charge in [0, 0.05) is 41.5 Å². The van der Waals surface area contributed by atoms with Crippen LogP contribution < -0.4 is 4.72 Å².